The number of rotatable bonds is 7. The molecule has 0 radical (unpaired) electrons. The van der Waals surface area contributed by atoms with E-state index >= 15 is 0 Å². The van der Waals surface area contributed by atoms with E-state index in [-0.39, 0.29) is 0 Å². The summed E-state index contributed by atoms with van der Waals surface area (Å²) in [4.78, 5) is 4.63. The molecule has 3 heteroatoms. The van der Waals surface area contributed by atoms with Crippen molar-refractivity contribution < 1.29 is 0 Å². The standard InChI is InChI=1S/C16H23ClN2/c1-2-3-4-5-6-11-18-12-13-19(14-18)16-9-7-15(17)8-10-16/h7-10,12-13H,2-6,11,14H2,1H3. The Bertz CT molecular complexity index is 400. The quantitative estimate of drug-likeness (QED) is 0.657. The number of unbranched alkanes of at least 4 members (excludes halogenated alkanes) is 4. The predicted octanol–water partition coefficient (Wildman–Crippen LogP) is 4.86. The van der Waals surface area contributed by atoms with Crippen molar-refractivity contribution >= 4 is 17.3 Å². The van der Waals surface area contributed by atoms with Crippen molar-refractivity contribution in [2.45, 2.75) is 39.0 Å². The molecule has 0 fully saturated rings. The van der Waals surface area contributed by atoms with Gasteiger partial charge in [0.2, 0.25) is 0 Å². The first-order valence-corrected chi connectivity index (χ1v) is 7.62. The van der Waals surface area contributed by atoms with E-state index in [2.05, 4.69) is 41.3 Å². The molecule has 19 heavy (non-hydrogen) atoms. The highest BCUT2D eigenvalue weighted by atomic mass is 35.5. The van der Waals surface area contributed by atoms with Crippen molar-refractivity contribution in [3.63, 3.8) is 0 Å². The van der Waals surface area contributed by atoms with Crippen LogP contribution >= 0.6 is 11.6 Å². The van der Waals surface area contributed by atoms with Gasteiger partial charge in [-0.2, -0.15) is 0 Å². The molecule has 0 saturated carbocycles. The van der Waals surface area contributed by atoms with Crippen molar-refractivity contribution in [1.29, 1.82) is 0 Å². The van der Waals surface area contributed by atoms with Gasteiger partial charge in [-0.15, -0.1) is 0 Å². The summed E-state index contributed by atoms with van der Waals surface area (Å²) in [6, 6.07) is 8.02. The van der Waals surface area contributed by atoms with Gasteiger partial charge in [0.1, 0.15) is 0 Å². The van der Waals surface area contributed by atoms with E-state index in [1.165, 1.54) is 37.8 Å². The van der Waals surface area contributed by atoms with Gasteiger partial charge in [0, 0.05) is 29.7 Å². The molecular formula is C16H23ClN2. The maximum atomic E-state index is 5.91. The average Bonchev–Trinajstić information content (AvgIpc) is 2.88. The smallest absolute Gasteiger partial charge is 0.0941 e. The van der Waals surface area contributed by atoms with E-state index in [1.807, 2.05) is 12.1 Å². The Balaban J connectivity index is 1.71. The Kier molecular flexibility index (Phi) is 5.59. The van der Waals surface area contributed by atoms with Gasteiger partial charge in [0.05, 0.1) is 6.67 Å². The summed E-state index contributed by atoms with van der Waals surface area (Å²) in [5, 5.41) is 0.791. The lowest BCUT2D eigenvalue weighted by atomic mass is 10.1. The molecule has 0 atom stereocenters. The molecule has 0 aromatic heterocycles. The second-order valence-electron chi connectivity index (χ2n) is 5.11. The van der Waals surface area contributed by atoms with E-state index in [0.717, 1.165) is 18.2 Å². The van der Waals surface area contributed by atoms with Crippen LogP contribution in [0.2, 0.25) is 5.02 Å². The number of hydrogen-bond donors (Lipinski definition) is 0. The van der Waals surface area contributed by atoms with Crippen molar-refractivity contribution in [2.75, 3.05) is 18.1 Å². The first-order valence-electron chi connectivity index (χ1n) is 7.24. The van der Waals surface area contributed by atoms with Crippen LogP contribution in [0.4, 0.5) is 5.69 Å². The van der Waals surface area contributed by atoms with Crippen LogP contribution in [0.1, 0.15) is 39.0 Å². The average molecular weight is 279 g/mol. The van der Waals surface area contributed by atoms with Crippen LogP contribution in [0.3, 0.4) is 0 Å². The second kappa shape index (κ2) is 7.44. The zero-order valence-electron chi connectivity index (χ0n) is 11.7. The van der Waals surface area contributed by atoms with Gasteiger partial charge >= 0.3 is 0 Å². The monoisotopic (exact) mass is 278 g/mol. The molecular weight excluding hydrogens is 256 g/mol. The van der Waals surface area contributed by atoms with Gasteiger partial charge in [-0.05, 0) is 30.7 Å². The molecule has 2 rings (SSSR count). The lowest BCUT2D eigenvalue weighted by Gasteiger charge is -2.21. The van der Waals surface area contributed by atoms with E-state index in [9.17, 15) is 0 Å². The summed E-state index contributed by atoms with van der Waals surface area (Å²) in [6.07, 6.45) is 11.0. The Morgan fingerprint density at radius 1 is 1.00 bits per heavy atom. The SMILES string of the molecule is CCCCCCCN1C=CN(c2ccc(Cl)cc2)C1. The minimum absolute atomic E-state index is 0.791. The molecule has 1 heterocycles. The van der Waals surface area contributed by atoms with E-state index < -0.39 is 0 Å². The molecule has 0 spiro atoms. The molecule has 1 aromatic rings. The van der Waals surface area contributed by atoms with Crippen LogP contribution < -0.4 is 4.90 Å². The van der Waals surface area contributed by atoms with Crippen LogP contribution in [-0.2, 0) is 0 Å². The molecule has 104 valence electrons. The van der Waals surface area contributed by atoms with Gasteiger partial charge in [-0.25, -0.2) is 0 Å². The van der Waals surface area contributed by atoms with E-state index in [4.69, 9.17) is 11.6 Å². The number of halogens is 1. The summed E-state index contributed by atoms with van der Waals surface area (Å²) in [6.45, 7) is 4.37. The summed E-state index contributed by atoms with van der Waals surface area (Å²) < 4.78 is 0. The molecule has 2 nitrogen and oxygen atoms in total. The highest BCUT2D eigenvalue weighted by Crippen LogP contribution is 2.21. The fourth-order valence-corrected chi connectivity index (χ4v) is 2.45. The Morgan fingerprint density at radius 2 is 1.74 bits per heavy atom. The van der Waals surface area contributed by atoms with Gasteiger partial charge < -0.3 is 9.80 Å². The third kappa shape index (κ3) is 4.46. The van der Waals surface area contributed by atoms with Crippen molar-refractivity contribution in [1.82, 2.24) is 4.90 Å². The fourth-order valence-electron chi connectivity index (χ4n) is 2.33. The van der Waals surface area contributed by atoms with Gasteiger partial charge in [0.25, 0.3) is 0 Å². The molecule has 0 N–H and O–H groups in total. The first kappa shape index (κ1) is 14.3. The number of nitrogens with zero attached hydrogens (tertiary/aromatic N) is 2. The first-order chi connectivity index (χ1) is 9.29. The third-order valence-corrected chi connectivity index (χ3v) is 3.75. The lowest BCUT2D eigenvalue weighted by molar-refractivity contribution is 0.389. The van der Waals surface area contributed by atoms with Gasteiger partial charge in [-0.1, -0.05) is 44.2 Å². The number of anilines is 1. The third-order valence-electron chi connectivity index (χ3n) is 3.50. The summed E-state index contributed by atoms with van der Waals surface area (Å²) in [5.41, 5.74) is 1.20. The van der Waals surface area contributed by atoms with Crippen LogP contribution in [0, 0.1) is 0 Å². The Labute approximate surface area is 121 Å². The lowest BCUT2D eigenvalue weighted by Crippen LogP contribution is -2.25. The molecule has 0 aliphatic carbocycles. The van der Waals surface area contributed by atoms with Gasteiger partial charge in [-0.3, -0.25) is 0 Å². The number of hydrogen-bond acceptors (Lipinski definition) is 2. The van der Waals surface area contributed by atoms with Crippen LogP contribution in [0.25, 0.3) is 0 Å². The molecule has 0 bridgehead atoms. The Hall–Kier alpha value is -1.15. The largest absolute Gasteiger partial charge is 0.358 e. The van der Waals surface area contributed by atoms with Crippen molar-refractivity contribution in [3.8, 4) is 0 Å². The van der Waals surface area contributed by atoms with Gasteiger partial charge in [0.15, 0.2) is 0 Å². The fraction of sp³-hybridized carbons (Fsp3) is 0.500. The Morgan fingerprint density at radius 3 is 2.47 bits per heavy atom. The predicted molar refractivity (Wildman–Crippen MR) is 83.4 cm³/mol. The molecule has 1 aliphatic heterocycles. The maximum Gasteiger partial charge on any atom is 0.0941 e. The molecule has 0 unspecified atom stereocenters. The summed E-state index contributed by atoms with van der Waals surface area (Å²) in [5.74, 6) is 0. The maximum absolute atomic E-state index is 5.91. The van der Waals surface area contributed by atoms with Crippen LogP contribution in [-0.4, -0.2) is 18.1 Å². The van der Waals surface area contributed by atoms with E-state index in [0.29, 0.717) is 0 Å². The minimum atomic E-state index is 0.791. The summed E-state index contributed by atoms with van der Waals surface area (Å²) >= 11 is 5.91. The van der Waals surface area contributed by atoms with Crippen molar-refractivity contribution in [2.24, 2.45) is 0 Å². The molecule has 0 amide bonds. The summed E-state index contributed by atoms with van der Waals surface area (Å²) in [7, 11) is 0. The normalized spacial score (nSPS) is 14.4. The van der Waals surface area contributed by atoms with Crippen molar-refractivity contribution in [3.05, 3.63) is 41.7 Å². The molecule has 1 aromatic carbocycles. The molecule has 0 saturated heterocycles. The molecule has 1 aliphatic rings. The van der Waals surface area contributed by atoms with Crippen LogP contribution in [0.15, 0.2) is 36.7 Å². The zero-order chi connectivity index (χ0) is 13.5. The minimum Gasteiger partial charge on any atom is -0.358 e. The zero-order valence-corrected chi connectivity index (χ0v) is 12.4. The highest BCUT2D eigenvalue weighted by Gasteiger charge is 2.12. The van der Waals surface area contributed by atoms with E-state index in [1.54, 1.807) is 0 Å². The second-order valence-corrected chi connectivity index (χ2v) is 5.55. The van der Waals surface area contributed by atoms with Crippen LogP contribution in [0.5, 0.6) is 0 Å². The highest BCUT2D eigenvalue weighted by molar-refractivity contribution is 6.30. The number of benzene rings is 1. The topological polar surface area (TPSA) is 6.48 Å².